The summed E-state index contributed by atoms with van der Waals surface area (Å²) in [7, 11) is 3.06. The fourth-order valence-electron chi connectivity index (χ4n) is 3.53. The summed E-state index contributed by atoms with van der Waals surface area (Å²) in [4.78, 5) is 31.2. The SMILES string of the molecule is CCOc1ccc(-n2c(SCC(=O)c3cc(OC)ccc3OC)nc3ccccc3c2=O)cc1. The summed E-state index contributed by atoms with van der Waals surface area (Å²) in [5.74, 6) is 1.63. The zero-order valence-corrected chi connectivity index (χ0v) is 19.9. The molecular weight excluding hydrogens is 452 g/mol. The number of hydrogen-bond acceptors (Lipinski definition) is 7. The maximum absolute atomic E-state index is 13.4. The molecule has 0 aliphatic heterocycles. The number of Topliss-reactive ketones (excluding diaryl/α,β-unsaturated/α-hetero) is 1. The second-order valence-corrected chi connectivity index (χ2v) is 8.20. The van der Waals surface area contributed by atoms with Crippen LogP contribution in [0.15, 0.2) is 76.7 Å². The number of methoxy groups -OCH3 is 2. The first-order valence-corrected chi connectivity index (χ1v) is 11.7. The zero-order valence-electron chi connectivity index (χ0n) is 19.1. The van der Waals surface area contributed by atoms with Crippen LogP contribution in [-0.2, 0) is 0 Å². The largest absolute Gasteiger partial charge is 0.497 e. The molecule has 0 atom stereocenters. The van der Waals surface area contributed by atoms with Crippen molar-refractivity contribution < 1.29 is 19.0 Å². The molecule has 174 valence electrons. The lowest BCUT2D eigenvalue weighted by Crippen LogP contribution is -2.22. The minimum Gasteiger partial charge on any atom is -0.497 e. The van der Waals surface area contributed by atoms with Crippen LogP contribution in [-0.4, -0.2) is 41.9 Å². The van der Waals surface area contributed by atoms with Crippen LogP contribution in [0.4, 0.5) is 0 Å². The molecule has 0 bridgehead atoms. The van der Waals surface area contributed by atoms with E-state index in [9.17, 15) is 9.59 Å². The Morgan fingerprint density at radius 1 is 0.971 bits per heavy atom. The number of ketones is 1. The molecule has 0 aliphatic carbocycles. The molecule has 0 saturated heterocycles. The highest BCUT2D eigenvalue weighted by molar-refractivity contribution is 7.99. The van der Waals surface area contributed by atoms with Crippen molar-refractivity contribution >= 4 is 28.4 Å². The number of carbonyl (C=O) groups is 1. The number of thioether (sulfide) groups is 1. The third kappa shape index (κ3) is 4.77. The van der Waals surface area contributed by atoms with Gasteiger partial charge in [0.05, 0.1) is 48.7 Å². The lowest BCUT2D eigenvalue weighted by molar-refractivity contribution is 0.101. The Morgan fingerprint density at radius 3 is 2.41 bits per heavy atom. The fourth-order valence-corrected chi connectivity index (χ4v) is 4.43. The van der Waals surface area contributed by atoms with Crippen LogP contribution in [0.25, 0.3) is 16.6 Å². The molecule has 0 radical (unpaired) electrons. The van der Waals surface area contributed by atoms with E-state index in [0.29, 0.717) is 51.2 Å². The second-order valence-electron chi connectivity index (χ2n) is 7.26. The quantitative estimate of drug-likeness (QED) is 0.195. The molecule has 3 aromatic carbocycles. The van der Waals surface area contributed by atoms with Crippen LogP contribution < -0.4 is 19.8 Å². The van der Waals surface area contributed by atoms with Gasteiger partial charge >= 0.3 is 0 Å². The summed E-state index contributed by atoms with van der Waals surface area (Å²) in [6.45, 7) is 2.46. The summed E-state index contributed by atoms with van der Waals surface area (Å²) in [6, 6.07) is 19.5. The average molecular weight is 477 g/mol. The Labute approximate surface area is 201 Å². The van der Waals surface area contributed by atoms with E-state index in [-0.39, 0.29) is 17.1 Å². The van der Waals surface area contributed by atoms with Gasteiger partial charge in [0.2, 0.25) is 0 Å². The van der Waals surface area contributed by atoms with Gasteiger partial charge in [-0.2, -0.15) is 0 Å². The van der Waals surface area contributed by atoms with Crippen LogP contribution in [0.1, 0.15) is 17.3 Å². The Bertz CT molecular complexity index is 1380. The van der Waals surface area contributed by atoms with Crippen molar-refractivity contribution in [1.29, 1.82) is 0 Å². The van der Waals surface area contributed by atoms with E-state index in [1.807, 2.05) is 13.0 Å². The molecule has 0 unspecified atom stereocenters. The first kappa shape index (κ1) is 23.4. The van der Waals surface area contributed by atoms with Gasteiger partial charge in [-0.1, -0.05) is 23.9 Å². The molecule has 7 nitrogen and oxygen atoms in total. The topological polar surface area (TPSA) is 79.7 Å². The van der Waals surface area contributed by atoms with E-state index in [4.69, 9.17) is 19.2 Å². The lowest BCUT2D eigenvalue weighted by Gasteiger charge is -2.14. The van der Waals surface area contributed by atoms with Crippen molar-refractivity contribution in [2.24, 2.45) is 0 Å². The van der Waals surface area contributed by atoms with E-state index in [0.717, 1.165) is 0 Å². The Hall–Kier alpha value is -3.78. The van der Waals surface area contributed by atoms with E-state index < -0.39 is 0 Å². The van der Waals surface area contributed by atoms with Gasteiger partial charge in [-0.25, -0.2) is 4.98 Å². The van der Waals surface area contributed by atoms with Crippen molar-refractivity contribution in [2.75, 3.05) is 26.6 Å². The van der Waals surface area contributed by atoms with Gasteiger partial charge in [0.25, 0.3) is 5.56 Å². The monoisotopic (exact) mass is 476 g/mol. The first-order valence-electron chi connectivity index (χ1n) is 10.7. The number of fused-ring (bicyclic) bond motifs is 1. The predicted octanol–water partition coefficient (Wildman–Crippen LogP) is 4.78. The molecule has 34 heavy (non-hydrogen) atoms. The van der Waals surface area contributed by atoms with E-state index in [1.54, 1.807) is 67.8 Å². The normalized spacial score (nSPS) is 10.8. The van der Waals surface area contributed by atoms with Crippen LogP contribution in [0.5, 0.6) is 17.2 Å². The minimum absolute atomic E-state index is 0.0609. The highest BCUT2D eigenvalue weighted by Gasteiger charge is 2.18. The molecule has 0 N–H and O–H groups in total. The van der Waals surface area contributed by atoms with Crippen molar-refractivity contribution in [3.8, 4) is 22.9 Å². The Kier molecular flexibility index (Phi) is 7.18. The van der Waals surface area contributed by atoms with Gasteiger partial charge < -0.3 is 14.2 Å². The van der Waals surface area contributed by atoms with Gasteiger partial charge in [0.15, 0.2) is 10.9 Å². The molecule has 4 aromatic rings. The number of para-hydroxylation sites is 1. The van der Waals surface area contributed by atoms with Crippen molar-refractivity contribution in [3.05, 3.63) is 82.6 Å². The van der Waals surface area contributed by atoms with Crippen LogP contribution in [0.3, 0.4) is 0 Å². The van der Waals surface area contributed by atoms with Gasteiger partial charge in [-0.3, -0.25) is 14.2 Å². The summed E-state index contributed by atoms with van der Waals surface area (Å²) in [6.07, 6.45) is 0. The maximum atomic E-state index is 13.4. The third-order valence-corrected chi connectivity index (χ3v) is 6.13. The number of rotatable bonds is 9. The van der Waals surface area contributed by atoms with E-state index in [1.165, 1.54) is 23.4 Å². The molecule has 0 saturated carbocycles. The number of carbonyl (C=O) groups excluding carboxylic acids is 1. The summed E-state index contributed by atoms with van der Waals surface area (Å²) < 4.78 is 17.7. The Morgan fingerprint density at radius 2 is 1.71 bits per heavy atom. The van der Waals surface area contributed by atoms with E-state index >= 15 is 0 Å². The summed E-state index contributed by atoms with van der Waals surface area (Å²) >= 11 is 1.20. The maximum Gasteiger partial charge on any atom is 0.266 e. The number of nitrogens with zero attached hydrogens (tertiary/aromatic N) is 2. The molecule has 0 aliphatic rings. The minimum atomic E-state index is -0.205. The highest BCUT2D eigenvalue weighted by Crippen LogP contribution is 2.28. The number of aromatic nitrogens is 2. The molecule has 1 heterocycles. The summed E-state index contributed by atoms with van der Waals surface area (Å²) in [5, 5.41) is 0.921. The molecule has 0 fully saturated rings. The van der Waals surface area contributed by atoms with Gasteiger partial charge in [-0.15, -0.1) is 0 Å². The standard InChI is InChI=1S/C26H24N2O5S/c1-4-33-18-11-9-17(10-12-18)28-25(30)20-7-5-6-8-22(20)27-26(28)34-16-23(29)21-15-19(31-2)13-14-24(21)32-3/h5-15H,4,16H2,1-3H3. The number of ether oxygens (including phenoxy) is 3. The van der Waals surface area contributed by atoms with Crippen LogP contribution in [0.2, 0.25) is 0 Å². The molecule has 4 rings (SSSR count). The molecular formula is C26H24N2O5S. The molecule has 1 aromatic heterocycles. The van der Waals surface area contributed by atoms with Crippen molar-refractivity contribution in [3.63, 3.8) is 0 Å². The Balaban J connectivity index is 1.73. The van der Waals surface area contributed by atoms with E-state index in [2.05, 4.69) is 0 Å². The number of hydrogen-bond donors (Lipinski definition) is 0. The molecule has 0 spiro atoms. The van der Waals surface area contributed by atoms with Crippen LogP contribution >= 0.6 is 11.8 Å². The van der Waals surface area contributed by atoms with Crippen molar-refractivity contribution in [2.45, 2.75) is 12.1 Å². The lowest BCUT2D eigenvalue weighted by atomic mass is 10.1. The predicted molar refractivity (Wildman–Crippen MR) is 133 cm³/mol. The smallest absolute Gasteiger partial charge is 0.266 e. The first-order chi connectivity index (χ1) is 16.5. The number of benzene rings is 3. The fraction of sp³-hybridized carbons (Fsp3) is 0.192. The summed E-state index contributed by atoms with van der Waals surface area (Å²) in [5.41, 5.74) is 1.41. The third-order valence-electron chi connectivity index (χ3n) is 5.19. The van der Waals surface area contributed by atoms with Crippen LogP contribution in [0, 0.1) is 0 Å². The van der Waals surface area contributed by atoms with Crippen molar-refractivity contribution in [1.82, 2.24) is 9.55 Å². The molecule has 0 amide bonds. The van der Waals surface area contributed by atoms with Gasteiger partial charge in [0.1, 0.15) is 17.2 Å². The average Bonchev–Trinajstić information content (AvgIpc) is 2.88. The zero-order chi connectivity index (χ0) is 24.1. The van der Waals surface area contributed by atoms with Gasteiger partial charge in [0, 0.05) is 0 Å². The molecule has 8 heteroatoms. The second kappa shape index (κ2) is 10.4. The highest BCUT2D eigenvalue weighted by atomic mass is 32.2. The van der Waals surface area contributed by atoms with Gasteiger partial charge in [-0.05, 0) is 61.5 Å².